The van der Waals surface area contributed by atoms with Crippen LogP contribution in [0.5, 0.6) is 0 Å². The number of aliphatic hydroxyl groups excluding tert-OH is 1. The number of aryl methyl sites for hydroxylation is 1. The number of nitrogens with zero attached hydrogens (tertiary/aromatic N) is 3. The summed E-state index contributed by atoms with van der Waals surface area (Å²) in [5.74, 6) is 0.581. The van der Waals surface area contributed by atoms with Gasteiger partial charge in [-0.25, -0.2) is 4.98 Å². The van der Waals surface area contributed by atoms with Crippen LogP contribution in [0, 0.1) is 6.92 Å². The van der Waals surface area contributed by atoms with Gasteiger partial charge in [0, 0.05) is 0 Å². The van der Waals surface area contributed by atoms with Crippen LogP contribution in [0.4, 0.5) is 0 Å². The van der Waals surface area contributed by atoms with Crippen LogP contribution >= 0.6 is 11.3 Å². The highest BCUT2D eigenvalue weighted by molar-refractivity contribution is 7.86. The molecule has 5 rings (SSSR count). The number of aromatic nitrogens is 3. The lowest BCUT2D eigenvalue weighted by atomic mass is 10.0. The Balaban J connectivity index is 1.33. The molecule has 10 heteroatoms. The van der Waals surface area contributed by atoms with E-state index in [9.17, 15) is 13.5 Å². The van der Waals surface area contributed by atoms with Gasteiger partial charge in [0.05, 0.1) is 52.2 Å². The quantitative estimate of drug-likeness (QED) is 0.408. The molecule has 1 aromatic carbocycles. The predicted molar refractivity (Wildman–Crippen MR) is 126 cm³/mol. The molecule has 0 unspecified atom stereocenters. The summed E-state index contributed by atoms with van der Waals surface area (Å²) < 4.78 is 39.4. The molecule has 174 valence electrons. The number of hydrogen-bond acceptors (Lipinski definition) is 8. The van der Waals surface area contributed by atoms with Crippen LogP contribution in [0.3, 0.4) is 0 Å². The smallest absolute Gasteiger partial charge is 0.297 e. The molecule has 1 aliphatic rings. The van der Waals surface area contributed by atoms with E-state index < -0.39 is 16.2 Å². The zero-order chi connectivity index (χ0) is 23.2. The van der Waals surface area contributed by atoms with Crippen LogP contribution in [0.25, 0.3) is 21.3 Å². The van der Waals surface area contributed by atoms with E-state index in [1.165, 1.54) is 0 Å². The SMILES string of the molecule is Cc1ccc(S(=O)(=O)OC[C@H]2CC[C@H](n3c([C@H](C)O)nc4cnc5ccsc5c43)CO2)cc1. The zero-order valence-electron chi connectivity index (χ0n) is 18.3. The lowest BCUT2D eigenvalue weighted by molar-refractivity contribution is -0.0332. The van der Waals surface area contributed by atoms with Crippen molar-refractivity contribution in [2.75, 3.05) is 13.2 Å². The number of aliphatic hydroxyl groups is 1. The summed E-state index contributed by atoms with van der Waals surface area (Å²) in [7, 11) is -3.83. The fourth-order valence-electron chi connectivity index (χ4n) is 4.23. The largest absolute Gasteiger partial charge is 0.385 e. The molecular weight excluding hydrogens is 462 g/mol. The molecule has 4 aromatic rings. The molecule has 1 saturated heterocycles. The monoisotopic (exact) mass is 487 g/mol. The van der Waals surface area contributed by atoms with E-state index in [1.807, 2.05) is 18.4 Å². The van der Waals surface area contributed by atoms with E-state index in [-0.39, 0.29) is 23.6 Å². The first kappa shape index (κ1) is 22.4. The number of thiophene rings is 1. The highest BCUT2D eigenvalue weighted by Gasteiger charge is 2.30. The maximum atomic E-state index is 12.5. The maximum absolute atomic E-state index is 12.5. The van der Waals surface area contributed by atoms with Crippen LogP contribution in [0.2, 0.25) is 0 Å². The summed E-state index contributed by atoms with van der Waals surface area (Å²) >= 11 is 1.60. The van der Waals surface area contributed by atoms with E-state index in [1.54, 1.807) is 48.7 Å². The maximum Gasteiger partial charge on any atom is 0.297 e. The number of fused-ring (bicyclic) bond motifs is 3. The van der Waals surface area contributed by atoms with Crippen molar-refractivity contribution in [3.8, 4) is 0 Å². The Morgan fingerprint density at radius 2 is 2.03 bits per heavy atom. The Labute approximate surface area is 195 Å². The molecule has 1 aliphatic heterocycles. The van der Waals surface area contributed by atoms with E-state index in [2.05, 4.69) is 14.5 Å². The van der Waals surface area contributed by atoms with Gasteiger partial charge in [-0.1, -0.05) is 17.7 Å². The number of benzene rings is 1. The van der Waals surface area contributed by atoms with Gasteiger partial charge >= 0.3 is 0 Å². The van der Waals surface area contributed by atoms with E-state index in [0.717, 1.165) is 33.2 Å². The van der Waals surface area contributed by atoms with Gasteiger partial charge in [-0.15, -0.1) is 11.3 Å². The third-order valence-corrected chi connectivity index (χ3v) is 8.16. The minimum atomic E-state index is -3.83. The Morgan fingerprint density at radius 3 is 2.73 bits per heavy atom. The average Bonchev–Trinajstić information content (AvgIpc) is 3.43. The molecule has 3 atom stereocenters. The first-order valence-corrected chi connectivity index (χ1v) is 13.1. The lowest BCUT2D eigenvalue weighted by Crippen LogP contribution is -2.32. The number of pyridine rings is 1. The number of imidazole rings is 1. The Morgan fingerprint density at radius 1 is 1.24 bits per heavy atom. The van der Waals surface area contributed by atoms with Gasteiger partial charge in [-0.2, -0.15) is 8.42 Å². The standard InChI is InChI=1S/C23H25N3O5S2/c1-14-3-7-18(8-4-14)33(28,29)31-13-17-6-5-16(12-30-17)26-21-20(25-23(26)15(2)27)11-24-19-9-10-32-22(19)21/h3-4,7-11,15-17,27H,5-6,12-13H2,1-2H3/t15-,16-,17+/m0/s1. The second-order valence-corrected chi connectivity index (χ2v) is 10.9. The molecule has 0 aliphatic carbocycles. The summed E-state index contributed by atoms with van der Waals surface area (Å²) in [6, 6.07) is 8.52. The van der Waals surface area contributed by atoms with Gasteiger partial charge in [0.15, 0.2) is 0 Å². The van der Waals surface area contributed by atoms with Crippen molar-refractivity contribution in [2.24, 2.45) is 0 Å². The van der Waals surface area contributed by atoms with E-state index in [0.29, 0.717) is 18.9 Å². The molecule has 33 heavy (non-hydrogen) atoms. The Hall–Kier alpha value is -2.37. The molecule has 0 bridgehead atoms. The van der Waals surface area contributed by atoms with Crippen molar-refractivity contribution >= 4 is 42.7 Å². The number of hydrogen-bond donors (Lipinski definition) is 1. The first-order chi connectivity index (χ1) is 15.8. The number of ether oxygens (including phenoxy) is 1. The second kappa shape index (κ2) is 8.77. The minimum Gasteiger partial charge on any atom is -0.385 e. The van der Waals surface area contributed by atoms with Crippen LogP contribution in [0.15, 0.2) is 46.8 Å². The van der Waals surface area contributed by atoms with Gasteiger partial charge in [0.1, 0.15) is 17.4 Å². The van der Waals surface area contributed by atoms with Crippen molar-refractivity contribution in [1.29, 1.82) is 0 Å². The summed E-state index contributed by atoms with van der Waals surface area (Å²) in [6.07, 6.45) is 2.05. The summed E-state index contributed by atoms with van der Waals surface area (Å²) in [5.41, 5.74) is 3.58. The van der Waals surface area contributed by atoms with Gasteiger partial charge in [-0.3, -0.25) is 9.17 Å². The molecule has 3 aromatic heterocycles. The zero-order valence-corrected chi connectivity index (χ0v) is 20.0. The summed E-state index contributed by atoms with van der Waals surface area (Å²) in [6.45, 7) is 3.94. The molecule has 1 fully saturated rings. The highest BCUT2D eigenvalue weighted by Crippen LogP contribution is 2.36. The molecular formula is C23H25N3O5S2. The molecule has 1 N–H and O–H groups in total. The Kier molecular flexibility index (Phi) is 5.96. The second-order valence-electron chi connectivity index (χ2n) is 8.38. The highest BCUT2D eigenvalue weighted by atomic mass is 32.2. The molecule has 0 radical (unpaired) electrons. The van der Waals surface area contributed by atoms with Crippen molar-refractivity contribution < 1.29 is 22.4 Å². The third kappa shape index (κ3) is 4.29. The van der Waals surface area contributed by atoms with Crippen LogP contribution in [0.1, 0.15) is 43.3 Å². The minimum absolute atomic E-state index is 0.0303. The summed E-state index contributed by atoms with van der Waals surface area (Å²) in [5, 5.41) is 12.4. The number of rotatable bonds is 6. The molecule has 4 heterocycles. The van der Waals surface area contributed by atoms with Crippen LogP contribution < -0.4 is 0 Å². The van der Waals surface area contributed by atoms with Gasteiger partial charge in [0.25, 0.3) is 10.1 Å². The lowest BCUT2D eigenvalue weighted by Gasteiger charge is -2.31. The third-order valence-electron chi connectivity index (χ3n) is 5.95. The van der Waals surface area contributed by atoms with Crippen molar-refractivity contribution in [1.82, 2.24) is 14.5 Å². The van der Waals surface area contributed by atoms with Crippen molar-refractivity contribution in [3.63, 3.8) is 0 Å². The van der Waals surface area contributed by atoms with Crippen molar-refractivity contribution in [2.45, 2.75) is 49.8 Å². The molecule has 8 nitrogen and oxygen atoms in total. The van der Waals surface area contributed by atoms with Gasteiger partial charge in [-0.05, 0) is 50.3 Å². The molecule has 0 saturated carbocycles. The van der Waals surface area contributed by atoms with E-state index in [4.69, 9.17) is 8.92 Å². The van der Waals surface area contributed by atoms with Crippen LogP contribution in [-0.4, -0.2) is 47.4 Å². The summed E-state index contributed by atoms with van der Waals surface area (Å²) in [4.78, 5) is 9.25. The van der Waals surface area contributed by atoms with Crippen LogP contribution in [-0.2, 0) is 19.0 Å². The first-order valence-electron chi connectivity index (χ1n) is 10.8. The normalized spacial score (nSPS) is 20.5. The van der Waals surface area contributed by atoms with Crippen molar-refractivity contribution in [3.05, 3.63) is 53.3 Å². The van der Waals surface area contributed by atoms with Gasteiger partial charge < -0.3 is 14.4 Å². The fraction of sp³-hybridized carbons (Fsp3) is 0.391. The van der Waals surface area contributed by atoms with Gasteiger partial charge in [0.2, 0.25) is 0 Å². The topological polar surface area (TPSA) is 104 Å². The average molecular weight is 488 g/mol. The van der Waals surface area contributed by atoms with E-state index >= 15 is 0 Å². The molecule has 0 amide bonds. The molecule has 0 spiro atoms. The fourth-order valence-corrected chi connectivity index (χ4v) is 6.05. The predicted octanol–water partition coefficient (Wildman–Crippen LogP) is 4.13. The Bertz CT molecular complexity index is 1390.